The number of carbonyl (C=O) groups excluding carboxylic acids is 3. The molecule has 0 rings (SSSR count). The number of esters is 3. The van der Waals surface area contributed by atoms with E-state index in [0.29, 0.717) is 19.3 Å². The van der Waals surface area contributed by atoms with Gasteiger partial charge >= 0.3 is 17.9 Å². The lowest BCUT2D eigenvalue weighted by atomic mass is 10.0. The normalized spacial score (nSPS) is 12.8. The van der Waals surface area contributed by atoms with E-state index in [1.807, 2.05) is 0 Å². The molecule has 0 fully saturated rings. The number of hydrogen-bond acceptors (Lipinski definition) is 6. The number of unbranched alkanes of at least 4 members (excludes halogenated alkanes) is 27. The largest absolute Gasteiger partial charge is 0.462 e. The van der Waals surface area contributed by atoms with Crippen molar-refractivity contribution in [3.05, 3.63) is 109 Å². The molecule has 0 aliphatic carbocycles. The van der Waals surface area contributed by atoms with Crippen LogP contribution in [0.15, 0.2) is 109 Å². The van der Waals surface area contributed by atoms with E-state index < -0.39 is 6.10 Å². The molecule has 0 spiro atoms. The quantitative estimate of drug-likeness (QED) is 0.0261. The van der Waals surface area contributed by atoms with E-state index in [0.717, 1.165) is 135 Å². The fraction of sp³-hybridized carbons (Fsp3) is 0.696. The summed E-state index contributed by atoms with van der Waals surface area (Å²) < 4.78 is 16.9. The van der Waals surface area contributed by atoms with E-state index in [1.54, 1.807) is 0 Å². The van der Waals surface area contributed by atoms with Gasteiger partial charge in [0.05, 0.1) is 0 Å². The monoisotopic (exact) mass is 1040 g/mol. The van der Waals surface area contributed by atoms with Gasteiger partial charge in [-0.05, 0) is 103 Å². The summed E-state index contributed by atoms with van der Waals surface area (Å²) >= 11 is 0. The van der Waals surface area contributed by atoms with Gasteiger partial charge in [-0.2, -0.15) is 0 Å². The summed E-state index contributed by atoms with van der Waals surface area (Å²) in [6, 6.07) is 0. The SMILES string of the molecule is CC/C=C\C/C=C\C/C=C\C/C=C\C/C=C\CCCCCCCC(=O)OC(COC(=O)CCCCCCCCCCCCC)COC(=O)CCCCCCCCCCCCCC/C=C\C/C=C\C/C=C\C/C=C\CC. The Kier molecular flexibility index (Phi) is 59.3. The maximum absolute atomic E-state index is 12.9. The molecule has 0 heterocycles. The highest BCUT2D eigenvalue weighted by molar-refractivity contribution is 5.71. The van der Waals surface area contributed by atoms with Crippen LogP contribution in [0.25, 0.3) is 0 Å². The molecule has 0 saturated heterocycles. The van der Waals surface area contributed by atoms with E-state index in [1.165, 1.54) is 116 Å². The third-order valence-electron chi connectivity index (χ3n) is 13.3. The Morgan fingerprint density at radius 2 is 0.520 bits per heavy atom. The molecule has 0 radical (unpaired) electrons. The van der Waals surface area contributed by atoms with Gasteiger partial charge in [-0.15, -0.1) is 0 Å². The van der Waals surface area contributed by atoms with Crippen LogP contribution >= 0.6 is 0 Å². The highest BCUT2D eigenvalue weighted by atomic mass is 16.6. The highest BCUT2D eigenvalue weighted by Crippen LogP contribution is 2.16. The molecule has 1 atom stereocenters. The van der Waals surface area contributed by atoms with E-state index in [2.05, 4.69) is 130 Å². The molecule has 0 amide bonds. The van der Waals surface area contributed by atoms with Crippen molar-refractivity contribution in [2.24, 2.45) is 0 Å². The average Bonchev–Trinajstić information content (AvgIpc) is 3.41. The molecule has 0 aromatic carbocycles. The first-order valence-corrected chi connectivity index (χ1v) is 31.4. The number of rotatable bonds is 56. The first-order valence-electron chi connectivity index (χ1n) is 31.4. The first kappa shape index (κ1) is 71.1. The van der Waals surface area contributed by atoms with Crippen LogP contribution in [-0.4, -0.2) is 37.2 Å². The van der Waals surface area contributed by atoms with Gasteiger partial charge < -0.3 is 14.2 Å². The van der Waals surface area contributed by atoms with Gasteiger partial charge in [-0.3, -0.25) is 14.4 Å². The van der Waals surface area contributed by atoms with Crippen LogP contribution < -0.4 is 0 Å². The maximum Gasteiger partial charge on any atom is 0.306 e. The molecule has 0 aromatic heterocycles. The second-order valence-corrected chi connectivity index (χ2v) is 20.6. The van der Waals surface area contributed by atoms with Crippen molar-refractivity contribution in [1.82, 2.24) is 0 Å². The molecule has 6 nitrogen and oxygen atoms in total. The van der Waals surface area contributed by atoms with E-state index in [9.17, 15) is 14.4 Å². The molecule has 0 N–H and O–H groups in total. The van der Waals surface area contributed by atoms with Gasteiger partial charge in [0.15, 0.2) is 6.10 Å². The summed E-state index contributed by atoms with van der Waals surface area (Å²) in [6.45, 7) is 6.41. The Morgan fingerprint density at radius 3 is 0.813 bits per heavy atom. The summed E-state index contributed by atoms with van der Waals surface area (Å²) in [5, 5.41) is 0. The number of allylic oxidation sites excluding steroid dienone is 18. The minimum atomic E-state index is -0.790. The predicted molar refractivity (Wildman–Crippen MR) is 325 cm³/mol. The lowest BCUT2D eigenvalue weighted by Gasteiger charge is -2.18. The summed E-state index contributed by atoms with van der Waals surface area (Å²) in [5.74, 6) is -0.900. The van der Waals surface area contributed by atoms with Crippen LogP contribution in [0.2, 0.25) is 0 Å². The van der Waals surface area contributed by atoms with Crippen molar-refractivity contribution in [2.45, 2.75) is 297 Å². The zero-order valence-corrected chi connectivity index (χ0v) is 49.0. The maximum atomic E-state index is 12.9. The first-order chi connectivity index (χ1) is 37.0. The zero-order chi connectivity index (χ0) is 54.3. The summed E-state index contributed by atoms with van der Waals surface area (Å²) in [7, 11) is 0. The van der Waals surface area contributed by atoms with Crippen LogP contribution in [-0.2, 0) is 28.6 Å². The molecule has 428 valence electrons. The Hall–Kier alpha value is -3.93. The van der Waals surface area contributed by atoms with Crippen molar-refractivity contribution >= 4 is 17.9 Å². The van der Waals surface area contributed by atoms with Crippen LogP contribution in [0.5, 0.6) is 0 Å². The Morgan fingerprint density at radius 1 is 0.280 bits per heavy atom. The predicted octanol–water partition coefficient (Wildman–Crippen LogP) is 21.4. The molecule has 0 aromatic rings. The molecule has 1 unspecified atom stereocenters. The molecule has 0 aliphatic heterocycles. The molecule has 0 bridgehead atoms. The summed E-state index contributed by atoms with van der Waals surface area (Å²) in [6.07, 6.45) is 85.2. The molecule has 0 saturated carbocycles. The van der Waals surface area contributed by atoms with Crippen LogP contribution in [0.4, 0.5) is 0 Å². The van der Waals surface area contributed by atoms with Crippen LogP contribution in [0, 0.1) is 0 Å². The Labute approximate surface area is 463 Å². The van der Waals surface area contributed by atoms with E-state index in [-0.39, 0.29) is 31.1 Å². The van der Waals surface area contributed by atoms with Gasteiger partial charge in [0, 0.05) is 19.3 Å². The van der Waals surface area contributed by atoms with Gasteiger partial charge in [0.2, 0.25) is 0 Å². The number of carbonyl (C=O) groups is 3. The lowest BCUT2D eigenvalue weighted by Crippen LogP contribution is -2.30. The second kappa shape index (κ2) is 62.6. The highest BCUT2D eigenvalue weighted by Gasteiger charge is 2.19. The van der Waals surface area contributed by atoms with Crippen LogP contribution in [0.3, 0.4) is 0 Å². The van der Waals surface area contributed by atoms with Gasteiger partial charge in [0.25, 0.3) is 0 Å². The van der Waals surface area contributed by atoms with E-state index in [4.69, 9.17) is 14.2 Å². The standard InChI is InChI=1S/C69H116O6/c1-4-7-10-13-16-19-22-24-26-28-30-32-33-34-35-37-38-40-42-44-47-50-53-56-59-62-68(71)74-65-66(64-73-67(70)61-58-55-52-49-46-21-18-15-12-9-6-3)75-69(72)63-60-57-54-51-48-45-43-41-39-36-31-29-27-25-23-20-17-14-11-8-5-2/h7-8,10-11,16-17,19-20,24-27,30-32,36,41,43,66H,4-6,9,12-15,18,21-23,28-29,33-35,37-40,42,44-65H2,1-3H3/b10-7-,11-8-,19-16-,20-17-,26-24-,27-25-,32-30-,36-31-,43-41-. The minimum absolute atomic E-state index is 0.0850. The van der Waals surface area contributed by atoms with E-state index >= 15 is 0 Å². The number of hydrogen-bond donors (Lipinski definition) is 0. The van der Waals surface area contributed by atoms with Crippen molar-refractivity contribution in [3.63, 3.8) is 0 Å². The fourth-order valence-corrected chi connectivity index (χ4v) is 8.64. The fourth-order valence-electron chi connectivity index (χ4n) is 8.64. The molecule has 0 aliphatic rings. The average molecular weight is 1040 g/mol. The summed E-state index contributed by atoms with van der Waals surface area (Å²) in [4.78, 5) is 38.2. The molecular formula is C69H116O6. The zero-order valence-electron chi connectivity index (χ0n) is 49.0. The van der Waals surface area contributed by atoms with Gasteiger partial charge in [-0.25, -0.2) is 0 Å². The molecule has 6 heteroatoms. The third kappa shape index (κ3) is 60.8. The summed E-state index contributed by atoms with van der Waals surface area (Å²) in [5.41, 5.74) is 0. The Bertz CT molecular complexity index is 1520. The number of ether oxygens (including phenoxy) is 3. The second-order valence-electron chi connectivity index (χ2n) is 20.6. The minimum Gasteiger partial charge on any atom is -0.462 e. The van der Waals surface area contributed by atoms with Crippen molar-refractivity contribution in [1.29, 1.82) is 0 Å². The topological polar surface area (TPSA) is 78.9 Å². The van der Waals surface area contributed by atoms with Crippen molar-refractivity contribution in [2.75, 3.05) is 13.2 Å². The van der Waals surface area contributed by atoms with Crippen molar-refractivity contribution in [3.8, 4) is 0 Å². The Balaban J connectivity index is 4.32. The van der Waals surface area contributed by atoms with Crippen molar-refractivity contribution < 1.29 is 28.6 Å². The third-order valence-corrected chi connectivity index (χ3v) is 13.3. The van der Waals surface area contributed by atoms with Crippen LogP contribution in [0.1, 0.15) is 290 Å². The molecule has 75 heavy (non-hydrogen) atoms. The smallest absolute Gasteiger partial charge is 0.306 e. The van der Waals surface area contributed by atoms with Gasteiger partial charge in [-0.1, -0.05) is 278 Å². The van der Waals surface area contributed by atoms with Gasteiger partial charge in [0.1, 0.15) is 13.2 Å². The lowest BCUT2D eigenvalue weighted by molar-refractivity contribution is -0.167. The molecular weight excluding hydrogens is 925 g/mol.